The van der Waals surface area contributed by atoms with Crippen molar-refractivity contribution < 1.29 is 4.79 Å². The molecule has 0 saturated carbocycles. The van der Waals surface area contributed by atoms with E-state index in [0.717, 1.165) is 43.0 Å². The van der Waals surface area contributed by atoms with Gasteiger partial charge in [-0.15, -0.1) is 0 Å². The number of carbonyl (C=O) groups is 1. The fourth-order valence-electron chi connectivity index (χ4n) is 4.93. The fourth-order valence-corrected chi connectivity index (χ4v) is 5.24. The summed E-state index contributed by atoms with van der Waals surface area (Å²) in [5.74, 6) is 0.887. The van der Waals surface area contributed by atoms with Gasteiger partial charge >= 0.3 is 0 Å². The quantitative estimate of drug-likeness (QED) is 0.481. The van der Waals surface area contributed by atoms with E-state index in [1.54, 1.807) is 12.3 Å². The minimum absolute atomic E-state index is 0.0926. The molecular weight excluding hydrogens is 443 g/mol. The molecule has 5 nitrogen and oxygen atoms in total. The van der Waals surface area contributed by atoms with Crippen LogP contribution in [0.25, 0.3) is 0 Å². The minimum Gasteiger partial charge on any atom is -0.342 e. The van der Waals surface area contributed by atoms with Gasteiger partial charge in [-0.25, -0.2) is 9.67 Å². The third-order valence-electron chi connectivity index (χ3n) is 6.60. The number of benzene rings is 2. The van der Waals surface area contributed by atoms with E-state index >= 15 is 0 Å². The number of hydrogen-bond donors (Lipinski definition) is 0. The third-order valence-corrected chi connectivity index (χ3v) is 7.34. The number of fused-ring (bicyclic) bond motifs is 1. The minimum atomic E-state index is -0.437. The van der Waals surface area contributed by atoms with Gasteiger partial charge in [-0.05, 0) is 48.9 Å². The molecular formula is C25H24Cl2N4O. The summed E-state index contributed by atoms with van der Waals surface area (Å²) >= 11 is 12.5. The molecule has 0 aliphatic carbocycles. The summed E-state index contributed by atoms with van der Waals surface area (Å²) in [6.45, 7) is 3.41. The topological polar surface area (TPSA) is 50.5 Å². The highest BCUT2D eigenvalue weighted by atomic mass is 35.5. The first-order valence-electron chi connectivity index (χ1n) is 10.9. The molecule has 2 aliphatic heterocycles. The highest BCUT2D eigenvalue weighted by Gasteiger charge is 2.41. The SMILES string of the molecule is CC1=Nc2ccnn2C(c2ccc(Cl)c(Cl)c2)C1C(=O)N1CCC(c2ccccc2)CC1. The maximum absolute atomic E-state index is 13.8. The van der Waals surface area contributed by atoms with Crippen LogP contribution in [-0.4, -0.2) is 39.4 Å². The Morgan fingerprint density at radius 1 is 0.969 bits per heavy atom. The normalized spacial score (nSPS) is 21.2. The Morgan fingerprint density at radius 3 is 2.44 bits per heavy atom. The summed E-state index contributed by atoms with van der Waals surface area (Å²) < 4.78 is 1.83. The number of rotatable bonds is 3. The van der Waals surface area contributed by atoms with Gasteiger partial charge in [0.05, 0.1) is 22.3 Å². The van der Waals surface area contributed by atoms with E-state index < -0.39 is 5.92 Å². The second-order valence-electron chi connectivity index (χ2n) is 8.49. The van der Waals surface area contributed by atoms with Gasteiger partial charge in [0.25, 0.3) is 0 Å². The highest BCUT2D eigenvalue weighted by Crippen LogP contribution is 2.39. The van der Waals surface area contributed by atoms with Crippen LogP contribution in [0.2, 0.25) is 10.0 Å². The smallest absolute Gasteiger partial charge is 0.233 e. The maximum atomic E-state index is 13.8. The number of likely N-dealkylation sites (tertiary alicyclic amines) is 1. The standard InChI is InChI=1S/C25H24Cl2N4O/c1-16-23(25(32)30-13-10-18(11-14-30)17-5-3-2-4-6-17)24(31-22(29-16)9-12-28-31)19-7-8-20(26)21(27)15-19/h2-9,12,15,18,23-24H,10-11,13-14H2,1H3. The number of nitrogens with zero attached hydrogens (tertiary/aromatic N) is 4. The van der Waals surface area contributed by atoms with Crippen molar-refractivity contribution in [3.8, 4) is 0 Å². The molecule has 1 saturated heterocycles. The molecule has 164 valence electrons. The van der Waals surface area contributed by atoms with Crippen LogP contribution in [0.15, 0.2) is 65.8 Å². The molecule has 0 N–H and O–H groups in total. The van der Waals surface area contributed by atoms with Gasteiger partial charge in [-0.3, -0.25) is 4.79 Å². The molecule has 5 rings (SSSR count). The number of carbonyl (C=O) groups excluding carboxylic acids is 1. The van der Waals surface area contributed by atoms with Gasteiger partial charge in [0.1, 0.15) is 5.92 Å². The zero-order valence-corrected chi connectivity index (χ0v) is 19.3. The van der Waals surface area contributed by atoms with E-state index in [0.29, 0.717) is 16.0 Å². The zero-order valence-electron chi connectivity index (χ0n) is 17.8. The molecule has 3 heterocycles. The van der Waals surface area contributed by atoms with E-state index in [2.05, 4.69) is 29.4 Å². The summed E-state index contributed by atoms with van der Waals surface area (Å²) in [6.07, 6.45) is 3.64. The van der Waals surface area contributed by atoms with Crippen LogP contribution in [0.3, 0.4) is 0 Å². The van der Waals surface area contributed by atoms with Gasteiger partial charge < -0.3 is 4.90 Å². The van der Waals surface area contributed by atoms with Gasteiger partial charge in [0, 0.05) is 24.9 Å². The lowest BCUT2D eigenvalue weighted by molar-refractivity contribution is -0.135. The zero-order chi connectivity index (χ0) is 22.2. The average Bonchev–Trinajstić information content (AvgIpc) is 3.28. The van der Waals surface area contributed by atoms with Crippen molar-refractivity contribution in [1.82, 2.24) is 14.7 Å². The first kappa shape index (κ1) is 21.2. The van der Waals surface area contributed by atoms with Crippen molar-refractivity contribution in [2.75, 3.05) is 13.1 Å². The molecule has 2 aliphatic rings. The van der Waals surface area contributed by atoms with Crippen molar-refractivity contribution >= 4 is 40.6 Å². The molecule has 7 heteroatoms. The van der Waals surface area contributed by atoms with Gasteiger partial charge in [-0.1, -0.05) is 59.6 Å². The van der Waals surface area contributed by atoms with Crippen molar-refractivity contribution in [1.29, 1.82) is 0 Å². The van der Waals surface area contributed by atoms with E-state index in [9.17, 15) is 4.79 Å². The van der Waals surface area contributed by atoms with Gasteiger partial charge in [0.2, 0.25) is 5.91 Å². The van der Waals surface area contributed by atoms with Crippen LogP contribution in [0.1, 0.15) is 42.9 Å². The van der Waals surface area contributed by atoms with Crippen LogP contribution >= 0.6 is 23.2 Å². The Morgan fingerprint density at radius 2 is 1.72 bits per heavy atom. The monoisotopic (exact) mass is 466 g/mol. The van der Waals surface area contributed by atoms with Crippen LogP contribution in [-0.2, 0) is 4.79 Å². The molecule has 3 aromatic rings. The predicted molar refractivity (Wildman–Crippen MR) is 128 cm³/mol. The van der Waals surface area contributed by atoms with E-state index in [-0.39, 0.29) is 11.9 Å². The van der Waals surface area contributed by atoms with E-state index in [1.807, 2.05) is 40.8 Å². The first-order chi connectivity index (χ1) is 15.5. The summed E-state index contributed by atoms with van der Waals surface area (Å²) in [7, 11) is 0. The first-order valence-corrected chi connectivity index (χ1v) is 11.7. The average molecular weight is 467 g/mol. The Kier molecular flexibility index (Phi) is 5.78. The Hall–Kier alpha value is -2.63. The van der Waals surface area contributed by atoms with E-state index in [1.165, 1.54) is 5.56 Å². The van der Waals surface area contributed by atoms with E-state index in [4.69, 9.17) is 28.2 Å². The molecule has 0 radical (unpaired) electrons. The van der Waals surface area contributed by atoms with Crippen molar-refractivity contribution in [2.24, 2.45) is 10.9 Å². The summed E-state index contributed by atoms with van der Waals surface area (Å²) in [5.41, 5.74) is 3.05. The largest absolute Gasteiger partial charge is 0.342 e. The van der Waals surface area contributed by atoms with Crippen molar-refractivity contribution in [3.63, 3.8) is 0 Å². The number of halogens is 2. The number of amides is 1. The van der Waals surface area contributed by atoms with Gasteiger partial charge in [0.15, 0.2) is 5.82 Å². The molecule has 32 heavy (non-hydrogen) atoms. The summed E-state index contributed by atoms with van der Waals surface area (Å²) in [6, 6.07) is 17.6. The molecule has 1 amide bonds. The Labute approximate surface area is 197 Å². The van der Waals surface area contributed by atoms with Crippen LogP contribution in [0.5, 0.6) is 0 Å². The number of aromatic nitrogens is 2. The second kappa shape index (κ2) is 8.72. The van der Waals surface area contributed by atoms with Crippen molar-refractivity contribution in [3.05, 3.63) is 82.0 Å². The maximum Gasteiger partial charge on any atom is 0.233 e. The molecule has 0 bridgehead atoms. The molecule has 2 unspecified atom stereocenters. The van der Waals surface area contributed by atoms with Gasteiger partial charge in [-0.2, -0.15) is 5.10 Å². The van der Waals surface area contributed by atoms with Crippen LogP contribution in [0.4, 0.5) is 5.82 Å². The molecule has 0 spiro atoms. The molecule has 1 fully saturated rings. The number of piperidine rings is 1. The molecule has 1 aromatic heterocycles. The summed E-state index contributed by atoms with van der Waals surface area (Å²) in [4.78, 5) is 20.5. The number of aliphatic imine (C=N–C) groups is 1. The lowest BCUT2D eigenvalue weighted by Crippen LogP contribution is -2.47. The highest BCUT2D eigenvalue weighted by molar-refractivity contribution is 6.42. The third kappa shape index (κ3) is 3.84. The second-order valence-corrected chi connectivity index (χ2v) is 9.31. The van der Waals surface area contributed by atoms with Crippen molar-refractivity contribution in [2.45, 2.75) is 31.7 Å². The predicted octanol–water partition coefficient (Wildman–Crippen LogP) is 5.91. The Bertz CT molecular complexity index is 1170. The molecule has 2 atom stereocenters. The van der Waals surface area contributed by atoms with Crippen LogP contribution < -0.4 is 0 Å². The fraction of sp³-hybridized carbons (Fsp3) is 0.320. The number of hydrogen-bond acceptors (Lipinski definition) is 3. The summed E-state index contributed by atoms with van der Waals surface area (Å²) in [5, 5.41) is 5.45. The lowest BCUT2D eigenvalue weighted by Gasteiger charge is -2.38. The Balaban J connectivity index is 1.43. The lowest BCUT2D eigenvalue weighted by atomic mass is 9.85. The van der Waals surface area contributed by atoms with Crippen LogP contribution in [0, 0.1) is 5.92 Å². The molecule has 2 aromatic carbocycles.